The summed E-state index contributed by atoms with van der Waals surface area (Å²) >= 11 is 1.54. The van der Waals surface area contributed by atoms with Gasteiger partial charge in [-0.3, -0.25) is 14.4 Å². The molecule has 2 rings (SSSR count). The SMILES string of the molecule is CSCCC(NC(=O)c1ccccc1)C(=O)OCC(=O)c1[nH]c(C)c(C(C)=O)c1C. The third-order valence-electron chi connectivity index (χ3n) is 4.65. The van der Waals surface area contributed by atoms with Gasteiger partial charge in [-0.2, -0.15) is 11.8 Å². The molecule has 1 unspecified atom stereocenters. The highest BCUT2D eigenvalue weighted by Crippen LogP contribution is 2.19. The minimum Gasteiger partial charge on any atom is -0.456 e. The third kappa shape index (κ3) is 5.82. The first-order valence-corrected chi connectivity index (χ1v) is 10.9. The lowest BCUT2D eigenvalue weighted by Gasteiger charge is -2.17. The Balaban J connectivity index is 2.05. The number of carbonyl (C=O) groups is 4. The maximum Gasteiger partial charge on any atom is 0.329 e. The lowest BCUT2D eigenvalue weighted by atomic mass is 10.1. The molecule has 1 aromatic heterocycles. The molecule has 2 N–H and O–H groups in total. The predicted molar refractivity (Wildman–Crippen MR) is 116 cm³/mol. The fourth-order valence-corrected chi connectivity index (χ4v) is 3.65. The number of nitrogens with one attached hydrogen (secondary N) is 2. The molecule has 0 saturated heterocycles. The quantitative estimate of drug-likeness (QED) is 0.443. The average Bonchev–Trinajstić information content (AvgIpc) is 3.03. The lowest BCUT2D eigenvalue weighted by molar-refractivity contribution is -0.144. The minimum atomic E-state index is -0.864. The molecule has 0 aliphatic heterocycles. The van der Waals surface area contributed by atoms with Crippen LogP contribution in [0.4, 0.5) is 0 Å². The number of rotatable bonds is 10. The van der Waals surface area contributed by atoms with Gasteiger partial charge in [-0.15, -0.1) is 0 Å². The highest BCUT2D eigenvalue weighted by atomic mass is 32.2. The van der Waals surface area contributed by atoms with E-state index in [1.54, 1.807) is 44.2 Å². The Morgan fingerprint density at radius 3 is 2.37 bits per heavy atom. The standard InChI is InChI=1S/C22H26N2O5S/c1-13-19(15(3)25)14(2)23-20(13)18(26)12-29-22(28)17(10-11-30-4)24-21(27)16-8-6-5-7-9-16/h5-9,17,23H,10-12H2,1-4H3,(H,24,27). The number of Topliss-reactive ketones (excluding diaryl/α,β-unsaturated/α-hetero) is 2. The Morgan fingerprint density at radius 2 is 1.80 bits per heavy atom. The molecule has 1 atom stereocenters. The summed E-state index contributed by atoms with van der Waals surface area (Å²) in [4.78, 5) is 52.1. The number of hydrogen-bond donors (Lipinski definition) is 2. The van der Waals surface area contributed by atoms with Crippen molar-refractivity contribution in [1.82, 2.24) is 10.3 Å². The van der Waals surface area contributed by atoms with E-state index in [0.29, 0.717) is 34.6 Å². The number of aryl methyl sites for hydroxylation is 1. The van der Waals surface area contributed by atoms with Crippen LogP contribution in [0.5, 0.6) is 0 Å². The number of aromatic nitrogens is 1. The van der Waals surface area contributed by atoms with Gasteiger partial charge >= 0.3 is 5.97 Å². The van der Waals surface area contributed by atoms with Crippen LogP contribution in [0.25, 0.3) is 0 Å². The van der Waals surface area contributed by atoms with E-state index in [2.05, 4.69) is 10.3 Å². The van der Waals surface area contributed by atoms with Crippen LogP contribution in [0.1, 0.15) is 55.8 Å². The fraction of sp³-hybridized carbons (Fsp3) is 0.364. The van der Waals surface area contributed by atoms with E-state index in [1.165, 1.54) is 18.7 Å². The van der Waals surface area contributed by atoms with E-state index < -0.39 is 24.4 Å². The van der Waals surface area contributed by atoms with Gasteiger partial charge in [-0.25, -0.2) is 4.79 Å². The Hall–Kier alpha value is -2.87. The first kappa shape index (κ1) is 23.4. The summed E-state index contributed by atoms with van der Waals surface area (Å²) < 4.78 is 5.20. The van der Waals surface area contributed by atoms with Crippen molar-refractivity contribution in [2.45, 2.75) is 33.2 Å². The number of benzene rings is 1. The molecule has 0 radical (unpaired) electrons. The molecule has 30 heavy (non-hydrogen) atoms. The van der Waals surface area contributed by atoms with Gasteiger partial charge in [0.15, 0.2) is 12.4 Å². The van der Waals surface area contributed by atoms with E-state index in [9.17, 15) is 19.2 Å². The predicted octanol–water partition coefficient (Wildman–Crippen LogP) is 3.11. The summed E-state index contributed by atoms with van der Waals surface area (Å²) in [5.41, 5.74) is 2.29. The van der Waals surface area contributed by atoms with E-state index in [4.69, 9.17) is 4.74 Å². The van der Waals surface area contributed by atoms with E-state index in [1.807, 2.05) is 6.26 Å². The van der Waals surface area contributed by atoms with Crippen molar-refractivity contribution in [2.75, 3.05) is 18.6 Å². The molecule has 1 amide bonds. The molecule has 0 saturated carbocycles. The van der Waals surface area contributed by atoms with Crippen LogP contribution in [0.2, 0.25) is 0 Å². The van der Waals surface area contributed by atoms with Crippen LogP contribution < -0.4 is 5.32 Å². The molecular formula is C22H26N2O5S. The molecular weight excluding hydrogens is 404 g/mol. The zero-order chi connectivity index (χ0) is 22.3. The van der Waals surface area contributed by atoms with Gasteiger partial charge < -0.3 is 15.0 Å². The van der Waals surface area contributed by atoms with Gasteiger partial charge in [-0.1, -0.05) is 18.2 Å². The van der Waals surface area contributed by atoms with Crippen molar-refractivity contribution in [3.63, 3.8) is 0 Å². The molecule has 0 spiro atoms. The maximum absolute atomic E-state index is 12.6. The van der Waals surface area contributed by atoms with Crippen LogP contribution >= 0.6 is 11.8 Å². The Bertz CT molecular complexity index is 937. The summed E-state index contributed by atoms with van der Waals surface area (Å²) in [6.45, 7) is 4.35. The summed E-state index contributed by atoms with van der Waals surface area (Å²) in [6, 6.07) is 7.70. The van der Waals surface area contributed by atoms with Crippen LogP contribution in [0.15, 0.2) is 30.3 Å². The van der Waals surface area contributed by atoms with Crippen molar-refractivity contribution < 1.29 is 23.9 Å². The number of hydrogen-bond acceptors (Lipinski definition) is 6. The highest BCUT2D eigenvalue weighted by molar-refractivity contribution is 7.98. The van der Waals surface area contributed by atoms with E-state index >= 15 is 0 Å². The van der Waals surface area contributed by atoms with Crippen molar-refractivity contribution in [2.24, 2.45) is 0 Å². The molecule has 0 fully saturated rings. The lowest BCUT2D eigenvalue weighted by Crippen LogP contribution is -2.42. The first-order valence-electron chi connectivity index (χ1n) is 9.51. The zero-order valence-electron chi connectivity index (χ0n) is 17.5. The molecule has 0 aliphatic rings. The van der Waals surface area contributed by atoms with Crippen LogP contribution in [-0.4, -0.2) is 53.1 Å². The maximum atomic E-state index is 12.6. The molecule has 160 valence electrons. The molecule has 7 nitrogen and oxygen atoms in total. The Labute approximate surface area is 180 Å². The monoisotopic (exact) mass is 430 g/mol. The topological polar surface area (TPSA) is 105 Å². The zero-order valence-corrected chi connectivity index (χ0v) is 18.4. The van der Waals surface area contributed by atoms with Gasteiger partial charge in [0.25, 0.3) is 5.91 Å². The van der Waals surface area contributed by atoms with Crippen LogP contribution in [-0.2, 0) is 9.53 Å². The summed E-state index contributed by atoms with van der Waals surface area (Å²) in [5, 5.41) is 2.68. The van der Waals surface area contributed by atoms with Crippen LogP contribution in [0, 0.1) is 13.8 Å². The second-order valence-electron chi connectivity index (χ2n) is 6.89. The number of ketones is 2. The Kier molecular flexibility index (Phi) is 8.41. The number of H-pyrrole nitrogens is 1. The van der Waals surface area contributed by atoms with Crippen LogP contribution in [0.3, 0.4) is 0 Å². The van der Waals surface area contributed by atoms with Crippen molar-refractivity contribution in [1.29, 1.82) is 0 Å². The smallest absolute Gasteiger partial charge is 0.329 e. The van der Waals surface area contributed by atoms with E-state index in [0.717, 1.165) is 0 Å². The van der Waals surface area contributed by atoms with Gasteiger partial charge in [0.05, 0.1) is 5.69 Å². The van der Waals surface area contributed by atoms with Gasteiger partial charge in [0, 0.05) is 16.8 Å². The number of thioether (sulfide) groups is 1. The van der Waals surface area contributed by atoms with Crippen molar-refractivity contribution >= 4 is 35.2 Å². The highest BCUT2D eigenvalue weighted by Gasteiger charge is 2.25. The third-order valence-corrected chi connectivity index (χ3v) is 5.29. The molecule has 0 aliphatic carbocycles. The first-order chi connectivity index (χ1) is 14.3. The van der Waals surface area contributed by atoms with Gasteiger partial charge in [-0.05, 0) is 56.9 Å². The van der Waals surface area contributed by atoms with E-state index in [-0.39, 0.29) is 17.4 Å². The number of aromatic amines is 1. The molecule has 0 bridgehead atoms. The molecule has 2 aromatic rings. The van der Waals surface area contributed by atoms with Crippen molar-refractivity contribution in [3.05, 3.63) is 58.4 Å². The normalized spacial score (nSPS) is 11.6. The summed E-state index contributed by atoms with van der Waals surface area (Å²) in [7, 11) is 0. The van der Waals surface area contributed by atoms with Crippen molar-refractivity contribution in [3.8, 4) is 0 Å². The number of carbonyl (C=O) groups excluding carboxylic acids is 4. The van der Waals surface area contributed by atoms with Gasteiger partial charge in [0.1, 0.15) is 6.04 Å². The molecule has 1 aromatic carbocycles. The summed E-state index contributed by atoms with van der Waals surface area (Å²) in [5.74, 6) is -0.992. The molecule has 8 heteroatoms. The summed E-state index contributed by atoms with van der Waals surface area (Å²) in [6.07, 6.45) is 2.27. The number of esters is 1. The Morgan fingerprint density at radius 1 is 1.13 bits per heavy atom. The molecule has 1 heterocycles. The second kappa shape index (κ2) is 10.8. The van der Waals surface area contributed by atoms with Gasteiger partial charge in [0.2, 0.25) is 5.78 Å². The average molecular weight is 431 g/mol. The number of amides is 1. The number of ether oxygens (including phenoxy) is 1. The largest absolute Gasteiger partial charge is 0.456 e. The second-order valence-corrected chi connectivity index (χ2v) is 7.87. The fourth-order valence-electron chi connectivity index (χ4n) is 3.18. The minimum absolute atomic E-state index is 0.141.